The molecule has 2 saturated heterocycles. The van der Waals surface area contributed by atoms with E-state index in [-0.39, 0.29) is 89.5 Å². The van der Waals surface area contributed by atoms with E-state index in [1.54, 1.807) is 12.1 Å². The van der Waals surface area contributed by atoms with Gasteiger partial charge in [0.15, 0.2) is 11.2 Å². The van der Waals surface area contributed by atoms with Gasteiger partial charge in [-0.3, -0.25) is 0 Å². The molecule has 0 amide bonds. The molecule has 0 aromatic heterocycles. The Morgan fingerprint density at radius 2 is 1.03 bits per heavy atom. The maximum atomic E-state index is 13.7. The van der Waals surface area contributed by atoms with Gasteiger partial charge in [-0.2, -0.15) is 26.3 Å². The van der Waals surface area contributed by atoms with Crippen LogP contribution in [0.5, 0.6) is 0 Å². The van der Waals surface area contributed by atoms with Crippen LogP contribution in [-0.2, 0) is 14.2 Å². The van der Waals surface area contributed by atoms with Crippen molar-refractivity contribution in [1.82, 2.24) is 0 Å². The Hall–Kier alpha value is -1.41. The second kappa shape index (κ2) is 23.5. The van der Waals surface area contributed by atoms with Crippen molar-refractivity contribution in [1.29, 1.82) is 0 Å². The van der Waals surface area contributed by atoms with Gasteiger partial charge in [-0.15, -0.1) is 0 Å². The van der Waals surface area contributed by atoms with Crippen molar-refractivity contribution in [2.75, 3.05) is 26.4 Å². The van der Waals surface area contributed by atoms with Crippen molar-refractivity contribution >= 4 is 5.97 Å². The van der Waals surface area contributed by atoms with Crippen LogP contribution in [0.15, 0.2) is 30.3 Å². The van der Waals surface area contributed by atoms with Crippen molar-refractivity contribution < 1.29 is 90.5 Å². The molecule has 0 unspecified atom stereocenters. The molecule has 2 aliphatic heterocycles. The number of halogens is 6. The zero-order valence-electron chi connectivity index (χ0n) is 48.8. The zero-order valence-corrected chi connectivity index (χ0v) is 48.8. The summed E-state index contributed by atoms with van der Waals surface area (Å²) in [6.45, 7) is 16.5. The summed E-state index contributed by atoms with van der Waals surface area (Å²) in [6, 6.07) is 9.19. The van der Waals surface area contributed by atoms with Gasteiger partial charge in [0, 0.05) is 19.4 Å². The summed E-state index contributed by atoms with van der Waals surface area (Å²) in [5.74, 6) is 5.38. The van der Waals surface area contributed by atoms with Crippen molar-refractivity contribution in [3.05, 3.63) is 35.9 Å². The molecule has 0 bridgehead atoms. The Morgan fingerprint density at radius 1 is 0.582 bits per heavy atom. The van der Waals surface area contributed by atoms with E-state index in [1.165, 1.54) is 32.1 Å². The molecule has 9 nitrogen and oxygen atoms in total. The number of esters is 1. The first-order chi connectivity index (χ1) is 35.6. The third kappa shape index (κ3) is 11.6. The SMILES string of the molecule is C[C@H](CC[C@]1(O)CCOC1)[C@H]1CC[C@H]2[C@@H]3CC[C@H]4C[C@](O)(C(F)(F)F)CC[C@]4(C)[C@H]3CC[C@]12C.C[C@H](CC[C@]1(OC(=O)c2ccccc2)CCOC1)[C@H]1CC[C@H]2[C@@H]3CC[C@H]4C[C@](O)(C(F)(F)F)CC[C@]4(C)[C@H]3CC[C@]12C.O.[Li+].[OH-]. The Bertz CT molecular complexity index is 2210. The molecule has 6 N–H and O–H groups in total. The molecule has 1 aromatic rings. The molecule has 446 valence electrons. The maximum Gasteiger partial charge on any atom is 1.00 e. The van der Waals surface area contributed by atoms with Gasteiger partial charge in [-0.25, -0.2) is 4.79 Å². The van der Waals surface area contributed by atoms with Crippen LogP contribution in [0.25, 0.3) is 0 Å². The van der Waals surface area contributed by atoms with Crippen LogP contribution in [0.1, 0.15) is 206 Å². The molecule has 8 saturated carbocycles. The molecular weight excluding hydrogens is 1020 g/mol. The largest absolute Gasteiger partial charge is 1.00 e. The third-order valence-corrected chi connectivity index (χ3v) is 25.6. The number of carbonyl (C=O) groups is 1. The number of aliphatic hydroxyl groups is 3. The minimum atomic E-state index is -4.55. The monoisotopic (exact) mass is 1120 g/mol. The molecule has 8 aliphatic carbocycles. The van der Waals surface area contributed by atoms with Crippen molar-refractivity contribution in [3.63, 3.8) is 0 Å². The smallest absolute Gasteiger partial charge is 0.870 e. The summed E-state index contributed by atoms with van der Waals surface area (Å²) in [5, 5.41) is 31.7. The van der Waals surface area contributed by atoms with Gasteiger partial charge in [0.2, 0.25) is 0 Å². The summed E-state index contributed by atoms with van der Waals surface area (Å²) in [4.78, 5) is 12.9. The molecule has 16 heteroatoms. The third-order valence-electron chi connectivity index (χ3n) is 25.6. The maximum absolute atomic E-state index is 13.7. The average molecular weight is 1120 g/mol. The number of alkyl halides is 6. The van der Waals surface area contributed by atoms with E-state index in [4.69, 9.17) is 14.2 Å². The standard InChI is InChI=1S/C35H49F3O4.C28H45F3O3.Li.2H2O/c1-23(13-16-33(19-20-41-22-33)42-30(39)24-7-5-4-6-8-24)27-11-12-28-26-10-9-25-21-34(40,35(36,37)38)18-17-31(25,2)29(26)14-15-32(27,28)3;1-18(8-11-26(32)14-15-34-17-26)21-6-7-22-20-5-4-19-16-27(33,28(29,30)31)13-12-24(19,2)23(20)9-10-25(21,22)3;;;/h4-8,23,25-29,40H,9-22H2,1-3H3;18-23,32-33H,4-17H2,1-3H3;;2*1H2/q;;+1;;/p-1/t23-,25+,26+,27-,28+,29+,31+,32-,33+,34+;18-,19+,20+,21-,22+,23+,24+,25-,26+,27+;;;/m11.../s1. The number of hydrogen-bond donors (Lipinski definition) is 3. The number of hydrogen-bond acceptors (Lipinski definition) is 8. The quantitative estimate of drug-likeness (QED) is 0.118. The predicted molar refractivity (Wildman–Crippen MR) is 285 cm³/mol. The van der Waals surface area contributed by atoms with Crippen LogP contribution in [0.2, 0.25) is 0 Å². The van der Waals surface area contributed by atoms with E-state index >= 15 is 0 Å². The number of carbonyl (C=O) groups excluding carboxylic acids is 1. The molecule has 0 spiro atoms. The van der Waals surface area contributed by atoms with Crippen LogP contribution in [-0.4, -0.2) is 93.4 Å². The second-order valence-corrected chi connectivity index (χ2v) is 29.0. The minimum Gasteiger partial charge on any atom is -0.870 e. The summed E-state index contributed by atoms with van der Waals surface area (Å²) in [5.41, 5.74) is -5.27. The Balaban J connectivity index is 0.000000225. The van der Waals surface area contributed by atoms with Gasteiger partial charge in [-0.1, -0.05) is 59.7 Å². The van der Waals surface area contributed by atoms with Crippen LogP contribution >= 0.6 is 0 Å². The zero-order chi connectivity index (χ0) is 54.5. The van der Waals surface area contributed by atoms with Gasteiger partial charge in [0.05, 0.1) is 31.0 Å². The topological polar surface area (TPSA) is 167 Å². The minimum absolute atomic E-state index is 0. The fourth-order valence-electron chi connectivity index (χ4n) is 20.9. The molecule has 10 aliphatic rings. The van der Waals surface area contributed by atoms with E-state index in [9.17, 15) is 46.5 Å². The predicted octanol–water partition coefficient (Wildman–Crippen LogP) is 10.9. The van der Waals surface area contributed by atoms with E-state index in [1.807, 2.05) is 18.2 Å². The van der Waals surface area contributed by atoms with Gasteiger partial charge in [0.1, 0.15) is 5.60 Å². The van der Waals surface area contributed by atoms with E-state index in [0.717, 1.165) is 83.5 Å². The summed E-state index contributed by atoms with van der Waals surface area (Å²) < 4.78 is 99.3. The van der Waals surface area contributed by atoms with Crippen molar-refractivity contribution in [3.8, 4) is 0 Å². The molecule has 79 heavy (non-hydrogen) atoms. The number of ether oxygens (including phenoxy) is 3. The summed E-state index contributed by atoms with van der Waals surface area (Å²) in [6.07, 6.45) is 9.57. The van der Waals surface area contributed by atoms with Gasteiger partial charge in [0.25, 0.3) is 0 Å². The fraction of sp³-hybridized carbons (Fsp3) is 0.889. The second-order valence-electron chi connectivity index (χ2n) is 29.0. The summed E-state index contributed by atoms with van der Waals surface area (Å²) in [7, 11) is 0. The Labute approximate surface area is 479 Å². The molecule has 11 rings (SSSR count). The van der Waals surface area contributed by atoms with Gasteiger partial charge >= 0.3 is 37.2 Å². The molecular formula is C63H97F6LiO9. The molecule has 10 fully saturated rings. The van der Waals surface area contributed by atoms with Gasteiger partial charge < -0.3 is 40.5 Å². The number of rotatable bonds is 10. The van der Waals surface area contributed by atoms with E-state index in [2.05, 4.69) is 41.5 Å². The van der Waals surface area contributed by atoms with Crippen LogP contribution < -0.4 is 18.9 Å². The van der Waals surface area contributed by atoms with Crippen LogP contribution in [0.4, 0.5) is 26.3 Å². The van der Waals surface area contributed by atoms with Crippen molar-refractivity contribution in [2.24, 2.45) is 92.7 Å². The van der Waals surface area contributed by atoms with Gasteiger partial charge in [-0.05, 0) is 246 Å². The van der Waals surface area contributed by atoms with E-state index in [0.29, 0.717) is 109 Å². The normalized spacial score (nSPS) is 45.9. The number of fused-ring (bicyclic) bond motifs is 10. The molecule has 1 aromatic carbocycles. The average Bonchev–Trinajstić information content (AvgIpc) is 4.19. The molecule has 20 atom stereocenters. The van der Waals surface area contributed by atoms with Crippen LogP contribution in [0, 0.1) is 92.7 Å². The molecule has 0 radical (unpaired) electrons. The summed E-state index contributed by atoms with van der Waals surface area (Å²) >= 11 is 0. The Morgan fingerprint density at radius 3 is 1.46 bits per heavy atom. The number of benzene rings is 1. The van der Waals surface area contributed by atoms with E-state index < -0.39 is 34.8 Å². The Kier molecular flexibility index (Phi) is 19.3. The van der Waals surface area contributed by atoms with Crippen molar-refractivity contribution in [2.45, 2.75) is 230 Å². The van der Waals surface area contributed by atoms with Crippen LogP contribution in [0.3, 0.4) is 0 Å². The first-order valence-corrected chi connectivity index (χ1v) is 30.4. The first-order valence-electron chi connectivity index (χ1n) is 30.4. The first kappa shape index (κ1) is 65.1. The molecule has 2 heterocycles. The fourth-order valence-corrected chi connectivity index (χ4v) is 20.9.